The van der Waals surface area contributed by atoms with Crippen LogP contribution in [0.4, 0.5) is 13.2 Å². The van der Waals surface area contributed by atoms with Gasteiger partial charge in [-0.3, -0.25) is 0 Å². The average Bonchev–Trinajstić information content (AvgIpc) is 2.58. The fourth-order valence-corrected chi connectivity index (χ4v) is 3.89. The molecular weight excluding hydrogens is 321 g/mol. The summed E-state index contributed by atoms with van der Waals surface area (Å²) >= 11 is 0. The Morgan fingerprint density at radius 1 is 0.800 bits per heavy atom. The highest BCUT2D eigenvalue weighted by Crippen LogP contribution is 2.43. The van der Waals surface area contributed by atoms with E-state index in [9.17, 15) is 13.2 Å². The first-order valence-corrected chi connectivity index (χ1v) is 10.1. The van der Waals surface area contributed by atoms with Gasteiger partial charge in [0, 0.05) is 0 Å². The van der Waals surface area contributed by atoms with Gasteiger partial charge in [-0.1, -0.05) is 71.9 Å². The molecule has 0 bridgehead atoms. The molecule has 0 aliphatic heterocycles. The van der Waals surface area contributed by atoms with Crippen LogP contribution in [0.25, 0.3) is 0 Å². The normalized spacial score (nSPS) is 13.4. The van der Waals surface area contributed by atoms with Crippen molar-refractivity contribution in [2.45, 2.75) is 103 Å². The van der Waals surface area contributed by atoms with E-state index in [1.165, 1.54) is 6.07 Å². The maximum Gasteiger partial charge on any atom is 0.416 e. The molecule has 0 aromatic heterocycles. The van der Waals surface area contributed by atoms with Gasteiger partial charge in [-0.25, -0.2) is 0 Å². The Hall–Kier alpha value is -0.990. The number of hydrogen-bond acceptors (Lipinski definition) is 0. The van der Waals surface area contributed by atoms with Gasteiger partial charge in [0.05, 0.1) is 5.56 Å². The smallest absolute Gasteiger partial charge is 0.166 e. The predicted octanol–water partition coefficient (Wildman–Crippen LogP) is 8.46. The summed E-state index contributed by atoms with van der Waals surface area (Å²) < 4.78 is 41.1. The van der Waals surface area contributed by atoms with Crippen LogP contribution >= 0.6 is 0 Å². The quantitative estimate of drug-likeness (QED) is 0.349. The third-order valence-corrected chi connectivity index (χ3v) is 5.34. The zero-order chi connectivity index (χ0) is 18.9. The van der Waals surface area contributed by atoms with E-state index in [1.807, 2.05) is 19.9 Å². The summed E-state index contributed by atoms with van der Waals surface area (Å²) in [4.78, 5) is 0. The van der Waals surface area contributed by atoms with Gasteiger partial charge < -0.3 is 0 Å². The maximum atomic E-state index is 13.7. The van der Waals surface area contributed by atoms with Crippen LogP contribution in [-0.4, -0.2) is 0 Å². The predicted molar refractivity (Wildman–Crippen MR) is 101 cm³/mol. The van der Waals surface area contributed by atoms with E-state index >= 15 is 0 Å². The minimum absolute atomic E-state index is 0.0110. The second-order valence-electron chi connectivity index (χ2n) is 7.15. The fraction of sp³-hybridized carbons (Fsp3) is 0.727. The van der Waals surface area contributed by atoms with Gasteiger partial charge in [0.1, 0.15) is 0 Å². The molecule has 3 heteroatoms. The van der Waals surface area contributed by atoms with Crippen molar-refractivity contribution in [2.24, 2.45) is 0 Å². The minimum Gasteiger partial charge on any atom is -0.166 e. The monoisotopic (exact) mass is 356 g/mol. The van der Waals surface area contributed by atoms with Crippen molar-refractivity contribution in [2.75, 3.05) is 0 Å². The Labute approximate surface area is 152 Å². The van der Waals surface area contributed by atoms with Crippen LogP contribution < -0.4 is 0 Å². The van der Waals surface area contributed by atoms with Crippen molar-refractivity contribution in [1.29, 1.82) is 0 Å². The van der Waals surface area contributed by atoms with Crippen LogP contribution in [0.2, 0.25) is 0 Å². The molecule has 0 aliphatic rings. The molecule has 0 aliphatic carbocycles. The van der Waals surface area contributed by atoms with E-state index in [1.54, 1.807) is 6.07 Å². The number of benzene rings is 1. The average molecular weight is 357 g/mol. The fourth-order valence-electron chi connectivity index (χ4n) is 3.89. The van der Waals surface area contributed by atoms with E-state index in [-0.39, 0.29) is 11.8 Å². The van der Waals surface area contributed by atoms with Gasteiger partial charge >= 0.3 is 6.18 Å². The molecule has 1 unspecified atom stereocenters. The highest BCUT2D eigenvalue weighted by Gasteiger charge is 2.36. The largest absolute Gasteiger partial charge is 0.416 e. The lowest BCUT2D eigenvalue weighted by Crippen LogP contribution is -2.16. The Bertz CT molecular complexity index is 487. The van der Waals surface area contributed by atoms with Gasteiger partial charge in [-0.15, -0.1) is 0 Å². The molecule has 1 rings (SSSR count). The highest BCUT2D eigenvalue weighted by atomic mass is 19.4. The SMILES string of the molecule is CCCCCC(CCCC)c1cccc(C(F)(F)F)c1C(CC)CC. The number of unbranched alkanes of at least 4 members (excludes halogenated alkanes) is 3. The van der Waals surface area contributed by atoms with Gasteiger partial charge in [-0.05, 0) is 54.7 Å². The first-order chi connectivity index (χ1) is 11.9. The van der Waals surface area contributed by atoms with Crippen molar-refractivity contribution < 1.29 is 13.2 Å². The molecule has 1 atom stereocenters. The molecule has 0 amide bonds. The Morgan fingerprint density at radius 3 is 1.92 bits per heavy atom. The van der Waals surface area contributed by atoms with Gasteiger partial charge in [0.15, 0.2) is 0 Å². The highest BCUT2D eigenvalue weighted by molar-refractivity contribution is 5.42. The van der Waals surface area contributed by atoms with E-state index in [4.69, 9.17) is 0 Å². The second-order valence-corrected chi connectivity index (χ2v) is 7.15. The zero-order valence-corrected chi connectivity index (χ0v) is 16.4. The standard InChI is InChI=1S/C22H35F3/c1-5-9-11-14-18(13-10-6-2)19-15-12-16-20(22(23,24)25)21(19)17(7-3)8-4/h12,15-18H,5-11,13-14H2,1-4H3. The summed E-state index contributed by atoms with van der Waals surface area (Å²) in [5, 5.41) is 0. The number of hydrogen-bond donors (Lipinski definition) is 0. The zero-order valence-electron chi connectivity index (χ0n) is 16.4. The molecular formula is C22H35F3. The van der Waals surface area contributed by atoms with Gasteiger partial charge in [0.2, 0.25) is 0 Å². The summed E-state index contributed by atoms with van der Waals surface area (Å²) in [7, 11) is 0. The van der Waals surface area contributed by atoms with E-state index in [0.29, 0.717) is 5.56 Å². The van der Waals surface area contributed by atoms with E-state index in [2.05, 4.69) is 13.8 Å². The Kier molecular flexibility index (Phi) is 9.60. The first-order valence-electron chi connectivity index (χ1n) is 10.1. The second kappa shape index (κ2) is 10.9. The van der Waals surface area contributed by atoms with Crippen molar-refractivity contribution >= 4 is 0 Å². The molecule has 0 radical (unpaired) electrons. The molecule has 0 saturated heterocycles. The Morgan fingerprint density at radius 2 is 1.40 bits per heavy atom. The van der Waals surface area contributed by atoms with Gasteiger partial charge in [0.25, 0.3) is 0 Å². The lowest BCUT2D eigenvalue weighted by Gasteiger charge is -2.28. The summed E-state index contributed by atoms with van der Waals surface area (Å²) in [6, 6.07) is 4.86. The van der Waals surface area contributed by atoms with Crippen molar-refractivity contribution in [3.8, 4) is 0 Å². The van der Waals surface area contributed by atoms with Crippen LogP contribution in [0.3, 0.4) is 0 Å². The van der Waals surface area contributed by atoms with Crippen molar-refractivity contribution in [1.82, 2.24) is 0 Å². The van der Waals surface area contributed by atoms with Crippen molar-refractivity contribution in [3.63, 3.8) is 0 Å². The first kappa shape index (κ1) is 22.1. The molecule has 1 aromatic rings. The molecule has 1 aromatic carbocycles. The summed E-state index contributed by atoms with van der Waals surface area (Å²) in [6.07, 6.45) is 4.80. The van der Waals surface area contributed by atoms with Crippen LogP contribution in [0.1, 0.15) is 114 Å². The third-order valence-electron chi connectivity index (χ3n) is 5.34. The minimum atomic E-state index is -4.27. The molecule has 0 spiro atoms. The maximum absolute atomic E-state index is 13.7. The van der Waals surface area contributed by atoms with E-state index in [0.717, 1.165) is 63.4 Å². The number of rotatable bonds is 11. The van der Waals surface area contributed by atoms with Crippen LogP contribution in [0.15, 0.2) is 18.2 Å². The molecule has 25 heavy (non-hydrogen) atoms. The summed E-state index contributed by atoms with van der Waals surface area (Å²) in [6.45, 7) is 8.32. The lowest BCUT2D eigenvalue weighted by atomic mass is 9.78. The lowest BCUT2D eigenvalue weighted by molar-refractivity contribution is -0.138. The Balaban J connectivity index is 3.36. The molecule has 0 N–H and O–H groups in total. The van der Waals surface area contributed by atoms with E-state index < -0.39 is 11.7 Å². The van der Waals surface area contributed by atoms with Crippen LogP contribution in [-0.2, 0) is 6.18 Å². The third kappa shape index (κ3) is 6.34. The van der Waals surface area contributed by atoms with Gasteiger partial charge in [-0.2, -0.15) is 13.2 Å². The van der Waals surface area contributed by atoms with Crippen LogP contribution in [0.5, 0.6) is 0 Å². The molecule has 0 heterocycles. The molecule has 0 saturated carbocycles. The molecule has 144 valence electrons. The topological polar surface area (TPSA) is 0 Å². The number of halogens is 3. The molecule has 0 nitrogen and oxygen atoms in total. The van der Waals surface area contributed by atoms with Crippen molar-refractivity contribution in [3.05, 3.63) is 34.9 Å². The van der Waals surface area contributed by atoms with Crippen LogP contribution in [0, 0.1) is 0 Å². The number of alkyl halides is 3. The summed E-state index contributed by atoms with van der Waals surface area (Å²) in [5.74, 6) is 0.243. The molecule has 0 fully saturated rings. The summed E-state index contributed by atoms with van der Waals surface area (Å²) in [5.41, 5.74) is 1.14.